The van der Waals surface area contributed by atoms with E-state index in [-0.39, 0.29) is 16.9 Å². The highest BCUT2D eigenvalue weighted by molar-refractivity contribution is 6.04. The molecular weight excluding hydrogens is 272 g/mol. The fourth-order valence-corrected chi connectivity index (χ4v) is 1.86. The highest BCUT2D eigenvalue weighted by atomic mass is 16.5. The molecule has 116 valence electrons. The summed E-state index contributed by atoms with van der Waals surface area (Å²) in [6.07, 6.45) is 0.319. The van der Waals surface area contributed by atoms with Gasteiger partial charge in [-0.05, 0) is 11.5 Å². The molecule has 0 radical (unpaired) electrons. The second-order valence-corrected chi connectivity index (χ2v) is 5.90. The molecule has 6 nitrogen and oxygen atoms in total. The standard InChI is InChI=1S/C15H22N2O4/c1-15(2,3)8-13(18)17-10-7-12(21-5)11(20-4)6-9(10)14(16)19/h6-7H,8H2,1-5H3,(H2,16,19)(H,17,18). The number of nitrogens with one attached hydrogen (secondary N) is 1. The quantitative estimate of drug-likeness (QED) is 0.870. The van der Waals surface area contributed by atoms with Crippen molar-refractivity contribution in [2.75, 3.05) is 19.5 Å². The van der Waals surface area contributed by atoms with Crippen LogP contribution in [0.2, 0.25) is 0 Å². The molecule has 21 heavy (non-hydrogen) atoms. The number of ether oxygens (including phenoxy) is 2. The van der Waals surface area contributed by atoms with Crippen molar-refractivity contribution in [3.63, 3.8) is 0 Å². The molecule has 0 aliphatic heterocycles. The second-order valence-electron chi connectivity index (χ2n) is 5.90. The number of rotatable bonds is 5. The van der Waals surface area contributed by atoms with Crippen molar-refractivity contribution in [2.24, 2.45) is 11.1 Å². The summed E-state index contributed by atoms with van der Waals surface area (Å²) < 4.78 is 10.3. The minimum absolute atomic E-state index is 0.159. The number of primary amides is 1. The Morgan fingerprint density at radius 1 is 1.14 bits per heavy atom. The van der Waals surface area contributed by atoms with E-state index in [1.54, 1.807) is 0 Å². The van der Waals surface area contributed by atoms with Crippen LogP contribution in [0.1, 0.15) is 37.6 Å². The number of hydrogen-bond acceptors (Lipinski definition) is 4. The van der Waals surface area contributed by atoms with Crippen LogP contribution in [-0.4, -0.2) is 26.0 Å². The predicted octanol–water partition coefficient (Wildman–Crippen LogP) is 2.18. The van der Waals surface area contributed by atoms with Gasteiger partial charge in [0.25, 0.3) is 5.91 Å². The lowest BCUT2D eigenvalue weighted by Gasteiger charge is -2.19. The Labute approximate surface area is 124 Å². The molecule has 2 amide bonds. The molecule has 0 saturated heterocycles. The first-order chi connectivity index (χ1) is 9.67. The van der Waals surface area contributed by atoms with Crippen LogP contribution in [0.4, 0.5) is 5.69 Å². The molecule has 0 aromatic heterocycles. The molecule has 0 bridgehead atoms. The summed E-state index contributed by atoms with van der Waals surface area (Å²) >= 11 is 0. The van der Waals surface area contributed by atoms with E-state index < -0.39 is 5.91 Å². The smallest absolute Gasteiger partial charge is 0.250 e. The van der Waals surface area contributed by atoms with E-state index in [1.165, 1.54) is 26.4 Å². The molecule has 3 N–H and O–H groups in total. The number of amides is 2. The first-order valence-electron chi connectivity index (χ1n) is 6.53. The molecule has 1 rings (SSSR count). The third-order valence-electron chi connectivity index (χ3n) is 2.75. The van der Waals surface area contributed by atoms with E-state index in [4.69, 9.17) is 15.2 Å². The van der Waals surface area contributed by atoms with Crippen LogP contribution in [0.15, 0.2) is 12.1 Å². The Balaban J connectivity index is 3.15. The molecule has 6 heteroatoms. The molecule has 0 aliphatic carbocycles. The van der Waals surface area contributed by atoms with Gasteiger partial charge in [-0.2, -0.15) is 0 Å². The number of carbonyl (C=O) groups is 2. The number of hydrogen-bond donors (Lipinski definition) is 2. The Morgan fingerprint density at radius 2 is 1.67 bits per heavy atom. The maximum absolute atomic E-state index is 12.0. The summed E-state index contributed by atoms with van der Waals surface area (Å²) in [6, 6.07) is 2.98. The van der Waals surface area contributed by atoms with Crippen LogP contribution in [0.5, 0.6) is 11.5 Å². The van der Waals surface area contributed by atoms with Gasteiger partial charge in [-0.3, -0.25) is 9.59 Å². The minimum atomic E-state index is -0.651. The van der Waals surface area contributed by atoms with Crippen molar-refractivity contribution in [2.45, 2.75) is 27.2 Å². The molecule has 0 saturated carbocycles. The third kappa shape index (κ3) is 4.66. The zero-order valence-electron chi connectivity index (χ0n) is 13.1. The van der Waals surface area contributed by atoms with Crippen molar-refractivity contribution in [1.82, 2.24) is 0 Å². The van der Waals surface area contributed by atoms with Crippen molar-refractivity contribution in [3.8, 4) is 11.5 Å². The highest BCUT2D eigenvalue weighted by Crippen LogP contribution is 2.33. The average molecular weight is 294 g/mol. The first kappa shape index (κ1) is 16.8. The third-order valence-corrected chi connectivity index (χ3v) is 2.75. The van der Waals surface area contributed by atoms with Crippen LogP contribution >= 0.6 is 0 Å². The van der Waals surface area contributed by atoms with Gasteiger partial charge in [0.1, 0.15) is 0 Å². The van der Waals surface area contributed by atoms with Crippen LogP contribution in [0.25, 0.3) is 0 Å². The molecule has 0 fully saturated rings. The number of anilines is 1. The van der Waals surface area contributed by atoms with Crippen LogP contribution < -0.4 is 20.5 Å². The first-order valence-corrected chi connectivity index (χ1v) is 6.53. The van der Waals surface area contributed by atoms with Crippen molar-refractivity contribution >= 4 is 17.5 Å². The lowest BCUT2D eigenvalue weighted by atomic mass is 9.92. The topological polar surface area (TPSA) is 90.6 Å². The van der Waals surface area contributed by atoms with Gasteiger partial charge in [-0.15, -0.1) is 0 Å². The van der Waals surface area contributed by atoms with Crippen LogP contribution in [-0.2, 0) is 4.79 Å². The zero-order valence-corrected chi connectivity index (χ0v) is 13.1. The molecule has 0 aliphatic rings. The number of nitrogens with two attached hydrogens (primary N) is 1. The summed E-state index contributed by atoms with van der Waals surface area (Å²) in [5, 5.41) is 2.70. The summed E-state index contributed by atoms with van der Waals surface area (Å²) in [7, 11) is 2.93. The van der Waals surface area contributed by atoms with Crippen molar-refractivity contribution < 1.29 is 19.1 Å². The largest absolute Gasteiger partial charge is 0.493 e. The zero-order chi connectivity index (χ0) is 16.2. The van der Waals surface area contributed by atoms with Crippen molar-refractivity contribution in [3.05, 3.63) is 17.7 Å². The van der Waals surface area contributed by atoms with Crippen LogP contribution in [0.3, 0.4) is 0 Å². The van der Waals surface area contributed by atoms with Gasteiger partial charge < -0.3 is 20.5 Å². The lowest BCUT2D eigenvalue weighted by Crippen LogP contribution is -2.22. The summed E-state index contributed by atoms with van der Waals surface area (Å²) in [5.41, 5.74) is 5.68. The molecule has 0 unspecified atom stereocenters. The maximum atomic E-state index is 12.0. The lowest BCUT2D eigenvalue weighted by molar-refractivity contribution is -0.117. The molecular formula is C15H22N2O4. The Hall–Kier alpha value is -2.24. The Bertz CT molecular complexity index is 547. The van der Waals surface area contributed by atoms with Crippen molar-refractivity contribution in [1.29, 1.82) is 0 Å². The van der Waals surface area contributed by atoms with Gasteiger partial charge in [0.2, 0.25) is 5.91 Å². The van der Waals surface area contributed by atoms with E-state index in [2.05, 4.69) is 5.32 Å². The van der Waals surface area contributed by atoms with Crippen LogP contribution in [0, 0.1) is 5.41 Å². The van der Waals surface area contributed by atoms with E-state index in [0.717, 1.165) is 0 Å². The fraction of sp³-hybridized carbons (Fsp3) is 0.467. The Morgan fingerprint density at radius 3 is 2.10 bits per heavy atom. The summed E-state index contributed by atoms with van der Waals surface area (Å²) in [4.78, 5) is 23.6. The summed E-state index contributed by atoms with van der Waals surface area (Å²) in [6.45, 7) is 5.86. The maximum Gasteiger partial charge on any atom is 0.250 e. The number of methoxy groups -OCH3 is 2. The van der Waals surface area contributed by atoms with E-state index in [0.29, 0.717) is 23.6 Å². The number of benzene rings is 1. The molecule has 1 aromatic carbocycles. The van der Waals surface area contributed by atoms with Gasteiger partial charge in [0, 0.05) is 12.5 Å². The summed E-state index contributed by atoms with van der Waals surface area (Å²) in [5.74, 6) is -0.0621. The SMILES string of the molecule is COc1cc(NC(=O)CC(C)(C)C)c(C(N)=O)cc1OC. The predicted molar refractivity (Wildman–Crippen MR) is 80.8 cm³/mol. The van der Waals surface area contributed by atoms with E-state index in [9.17, 15) is 9.59 Å². The average Bonchev–Trinajstić information content (AvgIpc) is 2.35. The van der Waals surface area contributed by atoms with Gasteiger partial charge in [-0.1, -0.05) is 20.8 Å². The number of carbonyl (C=O) groups excluding carboxylic acids is 2. The van der Waals surface area contributed by atoms with E-state index in [1.807, 2.05) is 20.8 Å². The van der Waals surface area contributed by atoms with Gasteiger partial charge in [-0.25, -0.2) is 0 Å². The van der Waals surface area contributed by atoms with Gasteiger partial charge in [0.15, 0.2) is 11.5 Å². The second kappa shape index (κ2) is 6.47. The molecule has 0 atom stereocenters. The monoisotopic (exact) mass is 294 g/mol. The minimum Gasteiger partial charge on any atom is -0.493 e. The van der Waals surface area contributed by atoms with Gasteiger partial charge >= 0.3 is 0 Å². The normalized spacial score (nSPS) is 10.9. The molecule has 1 aromatic rings. The van der Waals surface area contributed by atoms with Gasteiger partial charge in [0.05, 0.1) is 25.5 Å². The highest BCUT2D eigenvalue weighted by Gasteiger charge is 2.20. The Kier molecular flexibility index (Phi) is 5.18. The fourth-order valence-electron chi connectivity index (χ4n) is 1.86. The van der Waals surface area contributed by atoms with E-state index >= 15 is 0 Å². The molecule has 0 heterocycles. The molecule has 0 spiro atoms.